The zero-order valence-electron chi connectivity index (χ0n) is 11.5. The standard InChI is InChI=1S/C14H32N2/c1-3-5-7-9-11-13-16(15)14-12-10-8-6-4-2/h3-15H2,1-2H3. The Morgan fingerprint density at radius 1 is 0.625 bits per heavy atom. The van der Waals surface area contributed by atoms with E-state index >= 15 is 0 Å². The highest BCUT2D eigenvalue weighted by molar-refractivity contribution is 4.52. The Morgan fingerprint density at radius 2 is 1.00 bits per heavy atom. The summed E-state index contributed by atoms with van der Waals surface area (Å²) in [5, 5.41) is 2.01. The molecule has 2 heteroatoms. The van der Waals surface area contributed by atoms with Crippen LogP contribution in [0.3, 0.4) is 0 Å². The molecule has 0 saturated heterocycles. The van der Waals surface area contributed by atoms with Crippen molar-refractivity contribution in [1.82, 2.24) is 5.01 Å². The van der Waals surface area contributed by atoms with E-state index in [0.29, 0.717) is 0 Å². The third-order valence-corrected chi connectivity index (χ3v) is 3.10. The summed E-state index contributed by atoms with van der Waals surface area (Å²) in [6.07, 6.45) is 13.4. The largest absolute Gasteiger partial charge is 0.269 e. The van der Waals surface area contributed by atoms with Crippen molar-refractivity contribution in [1.29, 1.82) is 0 Å². The van der Waals surface area contributed by atoms with Crippen molar-refractivity contribution < 1.29 is 0 Å². The lowest BCUT2D eigenvalue weighted by molar-refractivity contribution is 0.268. The molecule has 0 radical (unpaired) electrons. The van der Waals surface area contributed by atoms with Crippen molar-refractivity contribution in [3.05, 3.63) is 0 Å². The summed E-state index contributed by atoms with van der Waals surface area (Å²) in [5.41, 5.74) is 0. The number of rotatable bonds is 12. The summed E-state index contributed by atoms with van der Waals surface area (Å²) >= 11 is 0. The van der Waals surface area contributed by atoms with Gasteiger partial charge in [0.25, 0.3) is 0 Å². The van der Waals surface area contributed by atoms with Gasteiger partial charge in [-0.25, -0.2) is 5.01 Å². The Bertz CT molecular complexity index is 112. The first kappa shape index (κ1) is 15.9. The van der Waals surface area contributed by atoms with Crippen LogP contribution in [0.25, 0.3) is 0 Å². The molecule has 0 aliphatic rings. The molecule has 0 aromatic carbocycles. The number of nitrogens with two attached hydrogens (primary N) is 1. The average Bonchev–Trinajstić information content (AvgIpc) is 2.28. The van der Waals surface area contributed by atoms with Gasteiger partial charge in [-0.05, 0) is 12.8 Å². The first-order valence-electron chi connectivity index (χ1n) is 7.30. The summed E-state index contributed by atoms with van der Waals surface area (Å²) in [5.74, 6) is 5.94. The summed E-state index contributed by atoms with van der Waals surface area (Å²) in [6, 6.07) is 0. The van der Waals surface area contributed by atoms with Crippen molar-refractivity contribution >= 4 is 0 Å². The van der Waals surface area contributed by atoms with Crippen molar-refractivity contribution in [2.24, 2.45) is 5.84 Å². The van der Waals surface area contributed by atoms with Gasteiger partial charge < -0.3 is 0 Å². The molecule has 0 aromatic rings. The van der Waals surface area contributed by atoms with Crippen molar-refractivity contribution in [2.45, 2.75) is 78.1 Å². The second-order valence-electron chi connectivity index (χ2n) is 4.86. The highest BCUT2D eigenvalue weighted by Crippen LogP contribution is 2.05. The maximum atomic E-state index is 5.94. The minimum Gasteiger partial charge on any atom is -0.269 e. The van der Waals surface area contributed by atoms with Crippen LogP contribution in [0, 0.1) is 0 Å². The highest BCUT2D eigenvalue weighted by Gasteiger charge is 1.98. The molecule has 0 saturated carbocycles. The zero-order valence-corrected chi connectivity index (χ0v) is 11.5. The van der Waals surface area contributed by atoms with Gasteiger partial charge in [-0.1, -0.05) is 65.2 Å². The molecular weight excluding hydrogens is 196 g/mol. The van der Waals surface area contributed by atoms with Crippen molar-refractivity contribution in [3.63, 3.8) is 0 Å². The Hall–Kier alpha value is -0.0800. The monoisotopic (exact) mass is 228 g/mol. The lowest BCUT2D eigenvalue weighted by Crippen LogP contribution is -2.32. The zero-order chi connectivity index (χ0) is 12.1. The maximum absolute atomic E-state index is 5.94. The van der Waals surface area contributed by atoms with Crippen LogP contribution in [0.2, 0.25) is 0 Å². The Morgan fingerprint density at radius 3 is 1.38 bits per heavy atom. The minimum absolute atomic E-state index is 1.08. The summed E-state index contributed by atoms with van der Waals surface area (Å²) in [6.45, 7) is 6.67. The molecule has 16 heavy (non-hydrogen) atoms. The molecule has 0 amide bonds. The average molecular weight is 228 g/mol. The number of hydrazine groups is 1. The molecule has 2 nitrogen and oxygen atoms in total. The second kappa shape index (κ2) is 13.0. The van der Waals surface area contributed by atoms with E-state index in [9.17, 15) is 0 Å². The highest BCUT2D eigenvalue weighted by atomic mass is 15.4. The smallest absolute Gasteiger partial charge is 0.0128 e. The molecular formula is C14H32N2. The normalized spacial score (nSPS) is 11.2. The Kier molecular flexibility index (Phi) is 12.9. The third-order valence-electron chi connectivity index (χ3n) is 3.10. The van der Waals surface area contributed by atoms with Gasteiger partial charge in [0.2, 0.25) is 0 Å². The number of hydrogen-bond acceptors (Lipinski definition) is 2. The maximum Gasteiger partial charge on any atom is 0.0128 e. The van der Waals surface area contributed by atoms with Crippen molar-refractivity contribution in [2.75, 3.05) is 13.1 Å². The van der Waals surface area contributed by atoms with Crippen LogP contribution in [0.4, 0.5) is 0 Å². The van der Waals surface area contributed by atoms with E-state index < -0.39 is 0 Å². The molecule has 0 spiro atoms. The molecule has 0 aliphatic heterocycles. The van der Waals surface area contributed by atoms with E-state index in [4.69, 9.17) is 5.84 Å². The summed E-state index contributed by atoms with van der Waals surface area (Å²) < 4.78 is 0. The Balaban J connectivity index is 3.09. The first-order chi connectivity index (χ1) is 7.81. The van der Waals surface area contributed by atoms with Crippen LogP contribution >= 0.6 is 0 Å². The molecule has 0 bridgehead atoms. The molecule has 0 unspecified atom stereocenters. The molecule has 0 rings (SSSR count). The predicted molar refractivity (Wildman–Crippen MR) is 73.3 cm³/mol. The molecule has 0 aromatic heterocycles. The molecule has 0 atom stereocenters. The van der Waals surface area contributed by atoms with E-state index in [1.807, 2.05) is 5.01 Å². The van der Waals surface area contributed by atoms with Crippen LogP contribution in [-0.4, -0.2) is 18.1 Å². The van der Waals surface area contributed by atoms with Crippen LogP contribution in [0.5, 0.6) is 0 Å². The van der Waals surface area contributed by atoms with Gasteiger partial charge in [-0.3, -0.25) is 5.84 Å². The fraction of sp³-hybridized carbons (Fsp3) is 1.00. The fourth-order valence-corrected chi connectivity index (χ4v) is 1.95. The molecule has 98 valence electrons. The molecule has 0 heterocycles. The quantitative estimate of drug-likeness (QED) is 0.309. The van der Waals surface area contributed by atoms with E-state index in [2.05, 4.69) is 13.8 Å². The molecule has 0 fully saturated rings. The predicted octanol–water partition coefficient (Wildman–Crippen LogP) is 4.10. The van der Waals surface area contributed by atoms with Gasteiger partial charge in [0.15, 0.2) is 0 Å². The number of nitrogens with zero attached hydrogens (tertiary/aromatic N) is 1. The second-order valence-corrected chi connectivity index (χ2v) is 4.86. The van der Waals surface area contributed by atoms with Gasteiger partial charge in [0, 0.05) is 13.1 Å². The van der Waals surface area contributed by atoms with Crippen molar-refractivity contribution in [3.8, 4) is 0 Å². The molecule has 2 N–H and O–H groups in total. The van der Waals surface area contributed by atoms with E-state index in [-0.39, 0.29) is 0 Å². The van der Waals surface area contributed by atoms with Crippen LogP contribution < -0.4 is 5.84 Å². The van der Waals surface area contributed by atoms with Gasteiger partial charge in [-0.15, -0.1) is 0 Å². The Labute approximate surface area is 103 Å². The van der Waals surface area contributed by atoms with Crippen LogP contribution in [0.1, 0.15) is 78.1 Å². The van der Waals surface area contributed by atoms with Gasteiger partial charge in [0.05, 0.1) is 0 Å². The van der Waals surface area contributed by atoms with Gasteiger partial charge in [-0.2, -0.15) is 0 Å². The van der Waals surface area contributed by atoms with Crippen LogP contribution in [0.15, 0.2) is 0 Å². The van der Waals surface area contributed by atoms with Crippen LogP contribution in [-0.2, 0) is 0 Å². The number of hydrogen-bond donors (Lipinski definition) is 1. The topological polar surface area (TPSA) is 29.3 Å². The first-order valence-corrected chi connectivity index (χ1v) is 7.30. The van der Waals surface area contributed by atoms with E-state index in [0.717, 1.165) is 13.1 Å². The number of unbranched alkanes of at least 4 members (excludes halogenated alkanes) is 8. The molecule has 0 aliphatic carbocycles. The van der Waals surface area contributed by atoms with Gasteiger partial charge in [0.1, 0.15) is 0 Å². The third kappa shape index (κ3) is 12.0. The van der Waals surface area contributed by atoms with E-state index in [1.54, 1.807) is 0 Å². The summed E-state index contributed by atoms with van der Waals surface area (Å²) in [4.78, 5) is 0. The lowest BCUT2D eigenvalue weighted by Gasteiger charge is -2.15. The minimum atomic E-state index is 1.08. The summed E-state index contributed by atoms with van der Waals surface area (Å²) in [7, 11) is 0. The SMILES string of the molecule is CCCCCCCN(N)CCCCCCC. The van der Waals surface area contributed by atoms with E-state index in [1.165, 1.54) is 64.2 Å². The lowest BCUT2D eigenvalue weighted by atomic mass is 10.1. The fourth-order valence-electron chi connectivity index (χ4n) is 1.95. The van der Waals surface area contributed by atoms with Gasteiger partial charge >= 0.3 is 0 Å².